The minimum Gasteiger partial charge on any atom is -0.480 e. The van der Waals surface area contributed by atoms with Gasteiger partial charge in [-0.1, -0.05) is 41.9 Å². The van der Waals surface area contributed by atoms with Crippen molar-refractivity contribution in [2.24, 2.45) is 0 Å². The second-order valence-corrected chi connectivity index (χ2v) is 8.05. The molecule has 0 aliphatic heterocycles. The van der Waals surface area contributed by atoms with Crippen LogP contribution in [0.4, 0.5) is 5.69 Å². The molecule has 0 saturated carbocycles. The Labute approximate surface area is 156 Å². The molecule has 0 spiro atoms. The van der Waals surface area contributed by atoms with Crippen LogP contribution in [0.3, 0.4) is 0 Å². The number of sulfonamides is 1. The fourth-order valence-corrected chi connectivity index (χ4v) is 4.44. The molecule has 0 radical (unpaired) electrons. The third-order valence-corrected chi connectivity index (χ3v) is 6.23. The van der Waals surface area contributed by atoms with E-state index in [4.69, 9.17) is 11.6 Å². The Hall–Kier alpha value is -2.57. The average Bonchev–Trinajstić information content (AvgIpc) is 2.61. The Morgan fingerprint density at radius 2 is 1.62 bits per heavy atom. The smallest absolute Gasteiger partial charge is 0.327 e. The monoisotopic (exact) mass is 389 g/mol. The van der Waals surface area contributed by atoms with Crippen LogP contribution in [0.5, 0.6) is 0 Å². The van der Waals surface area contributed by atoms with E-state index in [0.29, 0.717) is 5.02 Å². The number of carboxylic acids is 1. The van der Waals surface area contributed by atoms with Gasteiger partial charge in [0, 0.05) is 5.02 Å². The molecule has 3 rings (SSSR count). The predicted molar refractivity (Wildman–Crippen MR) is 102 cm³/mol. The van der Waals surface area contributed by atoms with Crippen molar-refractivity contribution in [3.63, 3.8) is 0 Å². The van der Waals surface area contributed by atoms with Crippen LogP contribution in [-0.4, -0.2) is 25.5 Å². The highest BCUT2D eigenvalue weighted by Crippen LogP contribution is 2.30. The lowest BCUT2D eigenvalue weighted by Gasteiger charge is -2.28. The number of aliphatic carboxylic acids is 1. The molecule has 3 aromatic rings. The third-order valence-electron chi connectivity index (χ3n) is 4.07. The minimum absolute atomic E-state index is 0.0249. The van der Waals surface area contributed by atoms with Crippen LogP contribution < -0.4 is 4.31 Å². The molecule has 0 fully saturated rings. The molecular weight excluding hydrogens is 374 g/mol. The standard InChI is InChI=1S/C19H16ClNO4S/c1-13(19(22)23)21(26(24,25)18-10-7-16(20)8-11-18)17-9-6-14-4-2-3-5-15(14)12-17/h2-13H,1H3,(H,22,23). The van der Waals surface area contributed by atoms with Gasteiger partial charge in [0.05, 0.1) is 10.6 Å². The van der Waals surface area contributed by atoms with E-state index in [1.165, 1.54) is 31.2 Å². The minimum atomic E-state index is -4.09. The summed E-state index contributed by atoms with van der Waals surface area (Å²) in [5.41, 5.74) is 0.286. The molecule has 134 valence electrons. The van der Waals surface area contributed by atoms with Gasteiger partial charge in [-0.2, -0.15) is 0 Å². The van der Waals surface area contributed by atoms with Crippen molar-refractivity contribution in [1.29, 1.82) is 0 Å². The Balaban J connectivity index is 2.18. The van der Waals surface area contributed by atoms with Gasteiger partial charge in [-0.25, -0.2) is 13.2 Å². The number of benzene rings is 3. The summed E-state index contributed by atoms with van der Waals surface area (Å²) in [6.45, 7) is 1.34. The van der Waals surface area contributed by atoms with Gasteiger partial charge in [0.15, 0.2) is 0 Å². The molecule has 5 nitrogen and oxygen atoms in total. The fraction of sp³-hybridized carbons (Fsp3) is 0.105. The van der Waals surface area contributed by atoms with E-state index < -0.39 is 22.0 Å². The molecule has 0 amide bonds. The Morgan fingerprint density at radius 1 is 1.00 bits per heavy atom. The first-order chi connectivity index (χ1) is 12.3. The third kappa shape index (κ3) is 3.38. The first-order valence-electron chi connectivity index (χ1n) is 7.82. The zero-order chi connectivity index (χ0) is 18.9. The number of hydrogen-bond donors (Lipinski definition) is 1. The van der Waals surface area contributed by atoms with E-state index in [2.05, 4.69) is 0 Å². The highest BCUT2D eigenvalue weighted by molar-refractivity contribution is 7.93. The van der Waals surface area contributed by atoms with Crippen LogP contribution in [0, 0.1) is 0 Å². The van der Waals surface area contributed by atoms with Crippen molar-refractivity contribution in [1.82, 2.24) is 0 Å². The van der Waals surface area contributed by atoms with Crippen molar-refractivity contribution in [3.8, 4) is 0 Å². The topological polar surface area (TPSA) is 74.7 Å². The zero-order valence-corrected chi connectivity index (χ0v) is 15.4. The van der Waals surface area contributed by atoms with Gasteiger partial charge in [0.1, 0.15) is 6.04 Å². The van der Waals surface area contributed by atoms with Gasteiger partial charge in [0.2, 0.25) is 0 Å². The maximum absolute atomic E-state index is 13.1. The Bertz CT molecular complexity index is 1060. The molecule has 1 unspecified atom stereocenters. The summed E-state index contributed by atoms with van der Waals surface area (Å²) in [6.07, 6.45) is 0. The molecule has 7 heteroatoms. The molecule has 0 bridgehead atoms. The predicted octanol–water partition coefficient (Wildman–Crippen LogP) is 4.16. The number of anilines is 1. The highest BCUT2D eigenvalue weighted by atomic mass is 35.5. The van der Waals surface area contributed by atoms with Crippen molar-refractivity contribution in [2.75, 3.05) is 4.31 Å². The molecule has 26 heavy (non-hydrogen) atoms. The first-order valence-corrected chi connectivity index (χ1v) is 9.64. The molecule has 0 saturated heterocycles. The maximum atomic E-state index is 13.1. The van der Waals surface area contributed by atoms with Crippen LogP contribution in [0.25, 0.3) is 10.8 Å². The number of nitrogens with zero attached hydrogens (tertiary/aromatic N) is 1. The van der Waals surface area contributed by atoms with E-state index in [9.17, 15) is 18.3 Å². The van der Waals surface area contributed by atoms with E-state index in [0.717, 1.165) is 15.1 Å². The zero-order valence-electron chi connectivity index (χ0n) is 13.8. The summed E-state index contributed by atoms with van der Waals surface area (Å²) in [4.78, 5) is 11.6. The Morgan fingerprint density at radius 3 is 2.23 bits per heavy atom. The van der Waals surface area contributed by atoms with E-state index >= 15 is 0 Å². The molecule has 0 aliphatic rings. The van der Waals surface area contributed by atoms with E-state index in [1.54, 1.807) is 18.2 Å². The number of carbonyl (C=O) groups is 1. The van der Waals surface area contributed by atoms with Gasteiger partial charge < -0.3 is 5.11 Å². The molecular formula is C19H16ClNO4S. The lowest BCUT2D eigenvalue weighted by molar-refractivity contribution is -0.137. The van der Waals surface area contributed by atoms with E-state index in [-0.39, 0.29) is 10.6 Å². The molecule has 1 N–H and O–H groups in total. The largest absolute Gasteiger partial charge is 0.480 e. The summed E-state index contributed by atoms with van der Waals surface area (Å²) in [6, 6.07) is 16.9. The van der Waals surface area contributed by atoms with Crippen LogP contribution in [0.2, 0.25) is 5.02 Å². The summed E-state index contributed by atoms with van der Waals surface area (Å²) < 4.78 is 27.2. The molecule has 3 aromatic carbocycles. The second kappa shape index (κ2) is 6.97. The van der Waals surface area contributed by atoms with Crippen molar-refractivity contribution >= 4 is 44.1 Å². The highest BCUT2D eigenvalue weighted by Gasteiger charge is 2.33. The number of carboxylic acid groups (broad SMARTS) is 1. The summed E-state index contributed by atoms with van der Waals surface area (Å²) >= 11 is 5.83. The summed E-state index contributed by atoms with van der Waals surface area (Å²) in [7, 11) is -4.09. The van der Waals surface area contributed by atoms with Crippen LogP contribution in [-0.2, 0) is 14.8 Å². The quantitative estimate of drug-likeness (QED) is 0.710. The molecule has 0 aliphatic carbocycles. The number of fused-ring (bicyclic) bond motifs is 1. The molecule has 1 atom stereocenters. The number of hydrogen-bond acceptors (Lipinski definition) is 3. The van der Waals surface area contributed by atoms with Crippen molar-refractivity contribution in [3.05, 3.63) is 71.8 Å². The van der Waals surface area contributed by atoms with Crippen molar-refractivity contribution < 1.29 is 18.3 Å². The van der Waals surface area contributed by atoms with Gasteiger partial charge in [0.25, 0.3) is 10.0 Å². The summed E-state index contributed by atoms with van der Waals surface area (Å²) in [5.74, 6) is -1.24. The maximum Gasteiger partial charge on any atom is 0.327 e. The van der Waals surface area contributed by atoms with Crippen LogP contribution in [0.1, 0.15) is 6.92 Å². The van der Waals surface area contributed by atoms with E-state index in [1.807, 2.05) is 24.3 Å². The van der Waals surface area contributed by atoms with Gasteiger partial charge >= 0.3 is 5.97 Å². The first kappa shape index (κ1) is 18.2. The van der Waals surface area contributed by atoms with Gasteiger partial charge in [-0.05, 0) is 54.1 Å². The van der Waals surface area contributed by atoms with Crippen LogP contribution >= 0.6 is 11.6 Å². The lowest BCUT2D eigenvalue weighted by Crippen LogP contribution is -2.43. The second-order valence-electron chi connectivity index (χ2n) is 5.80. The number of rotatable bonds is 5. The lowest BCUT2D eigenvalue weighted by atomic mass is 10.1. The van der Waals surface area contributed by atoms with Gasteiger partial charge in [-0.15, -0.1) is 0 Å². The SMILES string of the molecule is CC(C(=O)O)N(c1ccc2ccccc2c1)S(=O)(=O)c1ccc(Cl)cc1. The molecule has 0 heterocycles. The molecule has 0 aromatic heterocycles. The van der Waals surface area contributed by atoms with Gasteiger partial charge in [-0.3, -0.25) is 4.31 Å². The Kier molecular flexibility index (Phi) is 4.89. The summed E-state index contributed by atoms with van der Waals surface area (Å²) in [5, 5.41) is 11.6. The number of halogens is 1. The van der Waals surface area contributed by atoms with Crippen LogP contribution in [0.15, 0.2) is 71.6 Å². The van der Waals surface area contributed by atoms with Crippen molar-refractivity contribution in [2.45, 2.75) is 17.9 Å². The fourth-order valence-electron chi connectivity index (χ4n) is 2.70. The average molecular weight is 390 g/mol. The normalized spacial score (nSPS) is 12.7.